The van der Waals surface area contributed by atoms with Gasteiger partial charge in [0.2, 0.25) is 0 Å². The molecule has 6 nitrogen and oxygen atoms in total. The molecule has 0 bridgehead atoms. The molecule has 0 fully saturated rings. The molecule has 0 saturated heterocycles. The van der Waals surface area contributed by atoms with Crippen LogP contribution in [0.3, 0.4) is 0 Å². The first-order valence-corrected chi connectivity index (χ1v) is 6.59. The highest BCUT2D eigenvalue weighted by Gasteiger charge is 2.35. The Balaban J connectivity index is 2.90. The standard InChI is InChI=1S/C13H25N3O3/c1-2-11-10(9-16(5-7-17)6-8-18)12(14)3-4-13(11,15)19/h3-4,11,17-19H,2,5-9,14-15H2,1H3. The van der Waals surface area contributed by atoms with Crippen LogP contribution in [0.2, 0.25) is 0 Å². The van der Waals surface area contributed by atoms with Crippen LogP contribution < -0.4 is 11.5 Å². The Morgan fingerprint density at radius 3 is 2.37 bits per heavy atom. The van der Waals surface area contributed by atoms with Gasteiger partial charge < -0.3 is 21.1 Å². The highest BCUT2D eigenvalue weighted by Crippen LogP contribution is 2.31. The molecular weight excluding hydrogens is 246 g/mol. The van der Waals surface area contributed by atoms with Crippen LogP contribution in [0.15, 0.2) is 23.4 Å². The summed E-state index contributed by atoms with van der Waals surface area (Å²) in [5.74, 6) is -0.252. The summed E-state index contributed by atoms with van der Waals surface area (Å²) in [5.41, 5.74) is 11.9. The predicted octanol–water partition coefficient (Wildman–Crippen LogP) is -1.27. The lowest BCUT2D eigenvalue weighted by Gasteiger charge is -2.37. The maximum Gasteiger partial charge on any atom is 0.139 e. The second-order valence-electron chi connectivity index (χ2n) is 4.89. The number of rotatable bonds is 7. The second kappa shape index (κ2) is 7.02. The third kappa shape index (κ3) is 4.02. The van der Waals surface area contributed by atoms with E-state index in [0.717, 1.165) is 5.57 Å². The van der Waals surface area contributed by atoms with Crippen LogP contribution in [0.5, 0.6) is 0 Å². The van der Waals surface area contributed by atoms with Crippen molar-refractivity contribution >= 4 is 0 Å². The van der Waals surface area contributed by atoms with Gasteiger partial charge in [0.25, 0.3) is 0 Å². The quantitative estimate of drug-likeness (QED) is 0.369. The van der Waals surface area contributed by atoms with E-state index in [9.17, 15) is 5.11 Å². The van der Waals surface area contributed by atoms with Gasteiger partial charge in [-0.2, -0.15) is 0 Å². The molecule has 0 spiro atoms. The van der Waals surface area contributed by atoms with E-state index in [-0.39, 0.29) is 19.1 Å². The van der Waals surface area contributed by atoms with Crippen LogP contribution in [-0.2, 0) is 0 Å². The summed E-state index contributed by atoms with van der Waals surface area (Å²) in [5, 5.41) is 28.2. The summed E-state index contributed by atoms with van der Waals surface area (Å²) < 4.78 is 0. The highest BCUT2D eigenvalue weighted by atomic mass is 16.3. The number of nitrogens with two attached hydrogens (primary N) is 2. The molecule has 2 unspecified atom stereocenters. The normalized spacial score (nSPS) is 27.4. The lowest BCUT2D eigenvalue weighted by atomic mass is 9.81. The molecule has 0 aromatic heterocycles. The van der Waals surface area contributed by atoms with Gasteiger partial charge in [-0.1, -0.05) is 6.92 Å². The molecule has 0 aliphatic heterocycles. The molecule has 110 valence electrons. The molecule has 0 amide bonds. The summed E-state index contributed by atoms with van der Waals surface area (Å²) in [6, 6.07) is 0. The molecule has 0 heterocycles. The zero-order chi connectivity index (χ0) is 14.5. The van der Waals surface area contributed by atoms with Gasteiger partial charge in [-0.15, -0.1) is 0 Å². The largest absolute Gasteiger partial charge is 0.399 e. The Bertz CT molecular complexity index is 347. The Kier molecular flexibility index (Phi) is 5.96. The monoisotopic (exact) mass is 271 g/mol. The average molecular weight is 271 g/mol. The maximum atomic E-state index is 10.2. The summed E-state index contributed by atoms with van der Waals surface area (Å²) in [7, 11) is 0. The van der Waals surface area contributed by atoms with Gasteiger partial charge in [-0.3, -0.25) is 10.6 Å². The van der Waals surface area contributed by atoms with E-state index in [1.165, 1.54) is 6.08 Å². The molecule has 1 aliphatic carbocycles. The molecule has 7 N–H and O–H groups in total. The number of hydrogen-bond donors (Lipinski definition) is 5. The topological polar surface area (TPSA) is 116 Å². The van der Waals surface area contributed by atoms with Gasteiger partial charge in [-0.05, 0) is 24.1 Å². The number of allylic oxidation sites excluding steroid dienone is 1. The van der Waals surface area contributed by atoms with Crippen molar-refractivity contribution in [2.45, 2.75) is 19.1 Å². The zero-order valence-corrected chi connectivity index (χ0v) is 11.4. The average Bonchev–Trinajstić information content (AvgIpc) is 2.34. The molecule has 6 heteroatoms. The summed E-state index contributed by atoms with van der Waals surface area (Å²) in [6.07, 6.45) is 3.81. The minimum atomic E-state index is -1.39. The van der Waals surface area contributed by atoms with Crippen LogP contribution in [0.25, 0.3) is 0 Å². The predicted molar refractivity (Wildman–Crippen MR) is 73.9 cm³/mol. The zero-order valence-electron chi connectivity index (χ0n) is 11.4. The SMILES string of the molecule is CCC1C(CN(CCO)CCO)=C(N)C=CC1(N)O. The van der Waals surface area contributed by atoms with Crippen molar-refractivity contribution in [1.82, 2.24) is 4.90 Å². The van der Waals surface area contributed by atoms with E-state index in [4.69, 9.17) is 21.7 Å². The van der Waals surface area contributed by atoms with Crippen LogP contribution in [0.1, 0.15) is 13.3 Å². The Hall–Kier alpha value is -0.920. The Morgan fingerprint density at radius 1 is 1.32 bits per heavy atom. The van der Waals surface area contributed by atoms with Gasteiger partial charge in [0.05, 0.1) is 13.2 Å². The maximum absolute atomic E-state index is 10.2. The van der Waals surface area contributed by atoms with Gasteiger partial charge in [-0.25, -0.2) is 0 Å². The van der Waals surface area contributed by atoms with E-state index in [1.807, 2.05) is 11.8 Å². The van der Waals surface area contributed by atoms with Crippen molar-refractivity contribution in [1.29, 1.82) is 0 Å². The first-order chi connectivity index (χ1) is 8.96. The minimum Gasteiger partial charge on any atom is -0.399 e. The van der Waals surface area contributed by atoms with Crippen LogP contribution in [-0.4, -0.2) is 58.8 Å². The Morgan fingerprint density at radius 2 is 1.89 bits per heavy atom. The molecule has 0 aromatic carbocycles. The second-order valence-corrected chi connectivity index (χ2v) is 4.89. The Labute approximate surface area is 114 Å². The highest BCUT2D eigenvalue weighted by molar-refractivity contribution is 5.35. The van der Waals surface area contributed by atoms with Gasteiger partial charge >= 0.3 is 0 Å². The molecule has 1 rings (SSSR count). The number of aliphatic hydroxyl groups excluding tert-OH is 2. The van der Waals surface area contributed by atoms with Crippen molar-refractivity contribution in [2.75, 3.05) is 32.8 Å². The van der Waals surface area contributed by atoms with Crippen molar-refractivity contribution in [3.8, 4) is 0 Å². The number of nitrogens with zero attached hydrogens (tertiary/aromatic N) is 1. The van der Waals surface area contributed by atoms with Crippen molar-refractivity contribution in [3.63, 3.8) is 0 Å². The molecule has 2 atom stereocenters. The fourth-order valence-electron chi connectivity index (χ4n) is 2.50. The fourth-order valence-corrected chi connectivity index (χ4v) is 2.50. The number of aliphatic hydroxyl groups is 3. The number of hydrogen-bond acceptors (Lipinski definition) is 6. The molecule has 0 aromatic rings. The summed E-state index contributed by atoms with van der Waals surface area (Å²) in [6.45, 7) is 3.33. The lowest BCUT2D eigenvalue weighted by molar-refractivity contribution is 0.0411. The smallest absolute Gasteiger partial charge is 0.139 e. The minimum absolute atomic E-state index is 0.00666. The molecule has 0 radical (unpaired) electrons. The van der Waals surface area contributed by atoms with Crippen molar-refractivity contribution in [2.24, 2.45) is 17.4 Å². The third-order valence-electron chi connectivity index (χ3n) is 3.51. The van der Waals surface area contributed by atoms with Crippen molar-refractivity contribution in [3.05, 3.63) is 23.4 Å². The molecule has 19 heavy (non-hydrogen) atoms. The van der Waals surface area contributed by atoms with Crippen LogP contribution in [0, 0.1) is 5.92 Å². The summed E-state index contributed by atoms with van der Waals surface area (Å²) in [4.78, 5) is 1.89. The van der Waals surface area contributed by atoms with E-state index >= 15 is 0 Å². The third-order valence-corrected chi connectivity index (χ3v) is 3.51. The molecular formula is C13H25N3O3. The van der Waals surface area contributed by atoms with E-state index in [0.29, 0.717) is 31.8 Å². The van der Waals surface area contributed by atoms with E-state index in [1.54, 1.807) is 6.08 Å². The first kappa shape index (κ1) is 16.1. The van der Waals surface area contributed by atoms with E-state index < -0.39 is 5.72 Å². The first-order valence-electron chi connectivity index (χ1n) is 6.59. The van der Waals surface area contributed by atoms with Gasteiger partial charge in [0.15, 0.2) is 0 Å². The van der Waals surface area contributed by atoms with Crippen molar-refractivity contribution < 1.29 is 15.3 Å². The van der Waals surface area contributed by atoms with E-state index in [2.05, 4.69) is 0 Å². The summed E-state index contributed by atoms with van der Waals surface area (Å²) >= 11 is 0. The van der Waals surface area contributed by atoms with Crippen LogP contribution in [0.4, 0.5) is 0 Å². The van der Waals surface area contributed by atoms with Gasteiger partial charge in [0.1, 0.15) is 5.72 Å². The molecule has 1 aliphatic rings. The fraction of sp³-hybridized carbons (Fsp3) is 0.692. The molecule has 0 saturated carbocycles. The van der Waals surface area contributed by atoms with Crippen LogP contribution >= 0.6 is 0 Å². The van der Waals surface area contributed by atoms with Gasteiger partial charge in [0, 0.05) is 31.2 Å². The lowest BCUT2D eigenvalue weighted by Crippen LogP contribution is -2.50.